The van der Waals surface area contributed by atoms with Crippen molar-refractivity contribution in [2.24, 2.45) is 0 Å². The fraction of sp³-hybridized carbons (Fsp3) is 0.200. The highest BCUT2D eigenvalue weighted by atomic mass is 19.4. The molecule has 4 rings (SSSR count). The van der Waals surface area contributed by atoms with Gasteiger partial charge in [-0.1, -0.05) is 35.8 Å². The molecule has 2 aliphatic rings. The fourth-order valence-corrected chi connectivity index (χ4v) is 3.64. The van der Waals surface area contributed by atoms with E-state index in [1.807, 2.05) is 0 Å². The van der Waals surface area contributed by atoms with Crippen LogP contribution in [-0.2, 0) is 11.0 Å². The van der Waals surface area contributed by atoms with Crippen molar-refractivity contribution in [3.8, 4) is 0 Å². The molecular formula is C20H14BF3N2O2. The minimum atomic E-state index is -4.53. The number of benzene rings is 2. The number of rotatable bonds is 2. The van der Waals surface area contributed by atoms with Gasteiger partial charge >= 0.3 is 12.2 Å². The van der Waals surface area contributed by atoms with E-state index in [2.05, 4.69) is 5.32 Å². The molecule has 1 N–H and O–H groups in total. The number of urea groups is 1. The van der Waals surface area contributed by atoms with Gasteiger partial charge in [-0.3, -0.25) is 9.69 Å². The molecular weight excluding hydrogens is 368 g/mol. The Morgan fingerprint density at radius 3 is 2.43 bits per heavy atom. The number of Topliss-reactive ketones (excluding diaryl/α,β-unsaturated/α-hetero) is 1. The summed E-state index contributed by atoms with van der Waals surface area (Å²) in [5.74, 6) is -0.131. The second kappa shape index (κ2) is 6.54. The highest BCUT2D eigenvalue weighted by Crippen LogP contribution is 2.41. The summed E-state index contributed by atoms with van der Waals surface area (Å²) in [7, 11) is 5.70. The lowest BCUT2D eigenvalue weighted by Gasteiger charge is -2.34. The summed E-state index contributed by atoms with van der Waals surface area (Å²) in [5, 5.41) is 2.75. The lowest BCUT2D eigenvalue weighted by molar-refractivity contribution is -0.137. The predicted molar refractivity (Wildman–Crippen MR) is 98.3 cm³/mol. The molecule has 2 radical (unpaired) electrons. The Bertz CT molecular complexity index is 999. The van der Waals surface area contributed by atoms with Crippen LogP contribution in [0.1, 0.15) is 30.0 Å². The number of carbonyl (C=O) groups excluding carboxylic acids is 2. The first-order valence-corrected chi connectivity index (χ1v) is 8.65. The SMILES string of the molecule is [B]c1ccc(C2NC(=O)N(c3cccc(C(F)(F)F)c3)C3=C2C(=O)CC3)cc1. The van der Waals surface area contributed by atoms with Gasteiger partial charge in [0.2, 0.25) is 0 Å². The average Bonchev–Trinajstić information content (AvgIpc) is 3.03. The number of allylic oxidation sites excluding steroid dienone is 1. The second-order valence-corrected chi connectivity index (χ2v) is 6.72. The van der Waals surface area contributed by atoms with Crippen LogP contribution < -0.4 is 15.7 Å². The van der Waals surface area contributed by atoms with Crippen LogP contribution in [0.4, 0.5) is 23.7 Å². The molecule has 1 unspecified atom stereocenters. The average molecular weight is 382 g/mol. The van der Waals surface area contributed by atoms with Crippen LogP contribution in [0, 0.1) is 0 Å². The molecule has 0 saturated carbocycles. The summed E-state index contributed by atoms with van der Waals surface area (Å²) in [4.78, 5) is 26.5. The molecule has 1 atom stereocenters. The molecule has 0 aromatic heterocycles. The summed E-state index contributed by atoms with van der Waals surface area (Å²) < 4.78 is 39.2. The summed E-state index contributed by atoms with van der Waals surface area (Å²) >= 11 is 0. The Morgan fingerprint density at radius 2 is 1.75 bits per heavy atom. The van der Waals surface area contributed by atoms with Gasteiger partial charge in [0.25, 0.3) is 0 Å². The lowest BCUT2D eigenvalue weighted by Crippen LogP contribution is -2.47. The molecule has 0 bridgehead atoms. The molecule has 28 heavy (non-hydrogen) atoms. The van der Waals surface area contributed by atoms with Crippen molar-refractivity contribution < 1.29 is 22.8 Å². The van der Waals surface area contributed by atoms with Crippen molar-refractivity contribution in [3.05, 3.63) is 70.9 Å². The van der Waals surface area contributed by atoms with E-state index in [-0.39, 0.29) is 17.9 Å². The quantitative estimate of drug-likeness (QED) is 0.810. The van der Waals surface area contributed by atoms with Crippen LogP contribution >= 0.6 is 0 Å². The van der Waals surface area contributed by atoms with Gasteiger partial charge in [-0.05, 0) is 30.2 Å². The maximum Gasteiger partial charge on any atom is 0.416 e. The van der Waals surface area contributed by atoms with Crippen LogP contribution in [0.15, 0.2) is 59.8 Å². The summed E-state index contributed by atoms with van der Waals surface area (Å²) in [6, 6.07) is 10.1. The van der Waals surface area contributed by atoms with E-state index in [9.17, 15) is 22.8 Å². The monoisotopic (exact) mass is 382 g/mol. The number of amides is 2. The molecule has 0 saturated heterocycles. The smallest absolute Gasteiger partial charge is 0.326 e. The van der Waals surface area contributed by atoms with Gasteiger partial charge in [-0.2, -0.15) is 13.2 Å². The lowest BCUT2D eigenvalue weighted by atomic mass is 9.90. The van der Waals surface area contributed by atoms with Crippen LogP contribution in [0.2, 0.25) is 0 Å². The highest BCUT2D eigenvalue weighted by Gasteiger charge is 2.41. The summed E-state index contributed by atoms with van der Waals surface area (Å²) in [6.45, 7) is 0. The molecule has 2 aromatic carbocycles. The van der Waals surface area contributed by atoms with Crippen molar-refractivity contribution in [1.82, 2.24) is 5.32 Å². The minimum Gasteiger partial charge on any atom is -0.326 e. The number of nitrogens with one attached hydrogen (secondary N) is 1. The number of hydrogen-bond donors (Lipinski definition) is 1. The van der Waals surface area contributed by atoms with E-state index < -0.39 is 23.8 Å². The van der Waals surface area contributed by atoms with E-state index in [1.165, 1.54) is 17.0 Å². The largest absolute Gasteiger partial charge is 0.416 e. The summed E-state index contributed by atoms with van der Waals surface area (Å²) in [6.07, 6.45) is -4.03. The van der Waals surface area contributed by atoms with E-state index in [4.69, 9.17) is 7.85 Å². The molecule has 4 nitrogen and oxygen atoms in total. The molecule has 8 heteroatoms. The first-order valence-electron chi connectivity index (χ1n) is 8.65. The van der Waals surface area contributed by atoms with Crippen LogP contribution in [0.3, 0.4) is 0 Å². The van der Waals surface area contributed by atoms with E-state index >= 15 is 0 Å². The first kappa shape index (κ1) is 18.3. The fourth-order valence-electron chi connectivity index (χ4n) is 3.64. The summed E-state index contributed by atoms with van der Waals surface area (Å²) in [5.41, 5.74) is 1.30. The van der Waals surface area contributed by atoms with Crippen molar-refractivity contribution in [2.75, 3.05) is 4.90 Å². The third-order valence-electron chi connectivity index (χ3n) is 4.93. The normalized spacial score (nSPS) is 19.7. The number of ketones is 1. The Balaban J connectivity index is 1.81. The second-order valence-electron chi connectivity index (χ2n) is 6.72. The third-order valence-corrected chi connectivity index (χ3v) is 4.93. The zero-order chi connectivity index (χ0) is 20.1. The van der Waals surface area contributed by atoms with Crippen LogP contribution in [0.5, 0.6) is 0 Å². The molecule has 0 spiro atoms. The number of anilines is 1. The molecule has 0 fully saturated rings. The van der Waals surface area contributed by atoms with Crippen molar-refractivity contribution >= 4 is 30.8 Å². The van der Waals surface area contributed by atoms with Crippen molar-refractivity contribution in [1.29, 1.82) is 0 Å². The topological polar surface area (TPSA) is 49.4 Å². The van der Waals surface area contributed by atoms with Gasteiger partial charge in [0.05, 0.1) is 17.3 Å². The van der Waals surface area contributed by atoms with Crippen molar-refractivity contribution in [2.45, 2.75) is 25.1 Å². The molecule has 1 heterocycles. The maximum atomic E-state index is 13.1. The molecule has 140 valence electrons. The molecule has 1 aliphatic carbocycles. The highest BCUT2D eigenvalue weighted by molar-refractivity contribution is 6.32. The van der Waals surface area contributed by atoms with Gasteiger partial charge in [0.15, 0.2) is 5.78 Å². The number of nitrogens with zero attached hydrogens (tertiary/aromatic N) is 1. The third kappa shape index (κ3) is 3.08. The molecule has 2 amide bonds. The van der Waals surface area contributed by atoms with E-state index in [0.29, 0.717) is 28.7 Å². The number of halogens is 3. The predicted octanol–water partition coefficient (Wildman–Crippen LogP) is 3.39. The van der Waals surface area contributed by atoms with Gasteiger partial charge in [0.1, 0.15) is 7.85 Å². The van der Waals surface area contributed by atoms with Crippen LogP contribution in [-0.4, -0.2) is 19.7 Å². The first-order chi connectivity index (χ1) is 13.3. The number of hydrogen-bond acceptors (Lipinski definition) is 2. The molecule has 2 aromatic rings. The zero-order valence-corrected chi connectivity index (χ0v) is 14.6. The molecule has 1 aliphatic heterocycles. The number of carbonyl (C=O) groups is 2. The van der Waals surface area contributed by atoms with Gasteiger partial charge < -0.3 is 5.32 Å². The van der Waals surface area contributed by atoms with Crippen molar-refractivity contribution in [3.63, 3.8) is 0 Å². The van der Waals surface area contributed by atoms with E-state index in [0.717, 1.165) is 12.1 Å². The Labute approximate surface area is 160 Å². The Morgan fingerprint density at radius 1 is 1.04 bits per heavy atom. The standard InChI is InChI=1S/C20H14BF3N2O2/c21-13-6-4-11(5-7-13)18-17-15(8-9-16(17)27)26(19(28)25-18)14-3-1-2-12(10-14)20(22,23)24/h1-7,10,18H,8-9H2,(H,25,28). The van der Waals surface area contributed by atoms with Crippen LogP contribution in [0.25, 0.3) is 0 Å². The minimum absolute atomic E-state index is 0.0743. The number of alkyl halides is 3. The van der Waals surface area contributed by atoms with Gasteiger partial charge in [-0.25, -0.2) is 4.79 Å². The Kier molecular flexibility index (Phi) is 4.29. The van der Waals surface area contributed by atoms with Gasteiger partial charge in [0, 0.05) is 17.7 Å². The van der Waals surface area contributed by atoms with Gasteiger partial charge in [-0.15, -0.1) is 0 Å². The Hall–Kier alpha value is -3.03. The van der Waals surface area contributed by atoms with E-state index in [1.54, 1.807) is 24.3 Å². The maximum absolute atomic E-state index is 13.1. The zero-order valence-electron chi connectivity index (χ0n) is 14.6.